The summed E-state index contributed by atoms with van der Waals surface area (Å²) in [6, 6.07) is 13.1. The first-order valence-corrected chi connectivity index (χ1v) is 12.5. The van der Waals surface area contributed by atoms with Crippen molar-refractivity contribution >= 4 is 46.3 Å². The highest BCUT2D eigenvalue weighted by atomic mass is 35.5. The summed E-state index contributed by atoms with van der Waals surface area (Å²) in [7, 11) is 0. The van der Waals surface area contributed by atoms with Gasteiger partial charge >= 0.3 is 11.9 Å². The smallest absolute Gasteiger partial charge is 0.416 e. The lowest BCUT2D eigenvalue weighted by atomic mass is 10.1. The number of amides is 2. The van der Waals surface area contributed by atoms with Gasteiger partial charge in [-0.15, -0.1) is 0 Å². The maximum atomic E-state index is 13.0. The number of nitro benzene ring substituents is 1. The SMILES string of the molecule is CCOc1cc(/C=C2/SC(=O)N(Cc3ccc(Cl)cc3)C2=O)ccc1Oc1ccc(C(F)(F)F)cc1[N+](=O)[O-]. The van der Waals surface area contributed by atoms with Gasteiger partial charge in [-0.05, 0) is 72.3 Å². The molecule has 4 rings (SSSR count). The average molecular weight is 579 g/mol. The van der Waals surface area contributed by atoms with Crippen LogP contribution in [0.25, 0.3) is 6.08 Å². The van der Waals surface area contributed by atoms with Crippen LogP contribution in [0.4, 0.5) is 23.7 Å². The van der Waals surface area contributed by atoms with Gasteiger partial charge in [0.15, 0.2) is 11.5 Å². The number of imide groups is 1. The van der Waals surface area contributed by atoms with Gasteiger partial charge in [-0.1, -0.05) is 29.8 Å². The number of benzene rings is 3. The molecule has 8 nitrogen and oxygen atoms in total. The van der Waals surface area contributed by atoms with Gasteiger partial charge in [-0.2, -0.15) is 13.2 Å². The van der Waals surface area contributed by atoms with Crippen LogP contribution in [-0.4, -0.2) is 27.6 Å². The Balaban J connectivity index is 1.59. The first kappa shape index (κ1) is 28.0. The molecule has 0 radical (unpaired) electrons. The van der Waals surface area contributed by atoms with Crippen LogP contribution in [0.1, 0.15) is 23.6 Å². The van der Waals surface area contributed by atoms with E-state index in [1.54, 1.807) is 31.2 Å². The fourth-order valence-electron chi connectivity index (χ4n) is 3.57. The Bertz CT molecular complexity index is 1480. The zero-order chi connectivity index (χ0) is 28.3. The molecule has 13 heteroatoms. The minimum Gasteiger partial charge on any atom is -0.490 e. The summed E-state index contributed by atoms with van der Waals surface area (Å²) in [5, 5.41) is 11.5. The number of hydrogen-bond donors (Lipinski definition) is 0. The van der Waals surface area contributed by atoms with Crippen molar-refractivity contribution in [3.8, 4) is 17.2 Å². The number of carbonyl (C=O) groups excluding carboxylic acids is 2. The van der Waals surface area contributed by atoms with Crippen LogP contribution < -0.4 is 9.47 Å². The lowest BCUT2D eigenvalue weighted by Crippen LogP contribution is -2.27. The number of hydrogen-bond acceptors (Lipinski definition) is 7. The van der Waals surface area contributed by atoms with Crippen LogP contribution in [0.5, 0.6) is 17.2 Å². The second-order valence-electron chi connectivity index (χ2n) is 8.07. The molecular weight excluding hydrogens is 561 g/mol. The molecule has 202 valence electrons. The van der Waals surface area contributed by atoms with E-state index in [0.29, 0.717) is 22.7 Å². The fraction of sp³-hybridized carbons (Fsp3) is 0.154. The standard InChI is InChI=1S/C26H18ClF3N2O6S/c1-2-37-22-11-16(12-23-24(33)31(25(34)39-23)14-15-3-7-18(27)8-4-15)5-9-21(22)38-20-10-6-17(26(28,29)30)13-19(20)32(35)36/h3-13H,2,14H2,1H3/b23-12+. The molecule has 1 aliphatic heterocycles. The van der Waals surface area contributed by atoms with Crippen molar-refractivity contribution in [1.29, 1.82) is 0 Å². The third kappa shape index (κ3) is 6.52. The largest absolute Gasteiger partial charge is 0.490 e. The van der Waals surface area contributed by atoms with Crippen molar-refractivity contribution in [2.75, 3.05) is 6.61 Å². The summed E-state index contributed by atoms with van der Waals surface area (Å²) in [5.74, 6) is -0.767. The molecule has 3 aromatic carbocycles. The first-order chi connectivity index (χ1) is 18.5. The molecule has 0 aromatic heterocycles. The van der Waals surface area contributed by atoms with E-state index in [-0.39, 0.29) is 29.6 Å². The number of ether oxygens (including phenoxy) is 2. The molecule has 0 aliphatic carbocycles. The van der Waals surface area contributed by atoms with Gasteiger partial charge in [-0.3, -0.25) is 24.6 Å². The highest BCUT2D eigenvalue weighted by Crippen LogP contribution is 2.41. The molecule has 39 heavy (non-hydrogen) atoms. The van der Waals surface area contributed by atoms with E-state index in [1.165, 1.54) is 24.3 Å². The van der Waals surface area contributed by atoms with Gasteiger partial charge in [0.1, 0.15) is 0 Å². The monoisotopic (exact) mass is 578 g/mol. The molecule has 0 bridgehead atoms. The maximum Gasteiger partial charge on any atom is 0.416 e. The Morgan fingerprint density at radius 1 is 1.03 bits per heavy atom. The summed E-state index contributed by atoms with van der Waals surface area (Å²) in [4.78, 5) is 37.1. The summed E-state index contributed by atoms with van der Waals surface area (Å²) >= 11 is 6.65. The van der Waals surface area contributed by atoms with Gasteiger partial charge in [0.25, 0.3) is 11.1 Å². The minimum atomic E-state index is -4.77. The van der Waals surface area contributed by atoms with Crippen molar-refractivity contribution in [2.24, 2.45) is 0 Å². The topological polar surface area (TPSA) is 99.0 Å². The van der Waals surface area contributed by atoms with Gasteiger partial charge < -0.3 is 9.47 Å². The van der Waals surface area contributed by atoms with Crippen molar-refractivity contribution < 1.29 is 37.2 Å². The van der Waals surface area contributed by atoms with E-state index in [9.17, 15) is 32.9 Å². The molecule has 0 atom stereocenters. The van der Waals surface area contributed by atoms with Crippen LogP contribution in [0.2, 0.25) is 5.02 Å². The minimum absolute atomic E-state index is 0.00713. The lowest BCUT2D eigenvalue weighted by Gasteiger charge is -2.14. The predicted octanol–water partition coefficient (Wildman–Crippen LogP) is 7.69. The molecular formula is C26H18ClF3N2O6S. The van der Waals surface area contributed by atoms with Crippen LogP contribution >= 0.6 is 23.4 Å². The number of nitro groups is 1. The number of carbonyl (C=O) groups is 2. The Labute approximate surface area is 229 Å². The summed E-state index contributed by atoms with van der Waals surface area (Å²) in [6.45, 7) is 1.92. The number of thioether (sulfide) groups is 1. The van der Waals surface area contributed by atoms with E-state index in [0.717, 1.165) is 28.3 Å². The van der Waals surface area contributed by atoms with Crippen LogP contribution in [0.3, 0.4) is 0 Å². The average Bonchev–Trinajstić information content (AvgIpc) is 3.13. The van der Waals surface area contributed by atoms with E-state index in [1.807, 2.05) is 0 Å². The molecule has 1 aliphatic rings. The van der Waals surface area contributed by atoms with Crippen molar-refractivity contribution in [1.82, 2.24) is 4.90 Å². The maximum absolute atomic E-state index is 13.0. The summed E-state index contributed by atoms with van der Waals surface area (Å²) in [6.07, 6.45) is -3.28. The molecule has 1 fully saturated rings. The van der Waals surface area contributed by atoms with E-state index >= 15 is 0 Å². The molecule has 0 unspecified atom stereocenters. The van der Waals surface area contributed by atoms with Gasteiger partial charge in [0, 0.05) is 11.1 Å². The zero-order valence-corrected chi connectivity index (χ0v) is 21.6. The molecule has 0 N–H and O–H groups in total. The van der Waals surface area contributed by atoms with Crippen LogP contribution in [0.15, 0.2) is 65.6 Å². The third-order valence-corrected chi connectivity index (χ3v) is 6.56. The number of nitrogens with zero attached hydrogens (tertiary/aromatic N) is 2. The van der Waals surface area contributed by atoms with Gasteiger partial charge in [0.2, 0.25) is 5.75 Å². The number of rotatable bonds is 8. The number of alkyl halides is 3. The quantitative estimate of drug-likeness (QED) is 0.153. The second-order valence-corrected chi connectivity index (χ2v) is 9.50. The van der Waals surface area contributed by atoms with Gasteiger partial charge in [-0.25, -0.2) is 0 Å². The van der Waals surface area contributed by atoms with Crippen molar-refractivity contribution in [2.45, 2.75) is 19.6 Å². The third-order valence-electron chi connectivity index (χ3n) is 5.40. The first-order valence-electron chi connectivity index (χ1n) is 11.3. The highest BCUT2D eigenvalue weighted by Gasteiger charge is 2.35. The molecule has 2 amide bonds. The number of halogens is 4. The Hall–Kier alpha value is -4.03. The fourth-order valence-corrected chi connectivity index (χ4v) is 4.53. The molecule has 3 aromatic rings. The highest BCUT2D eigenvalue weighted by molar-refractivity contribution is 8.18. The van der Waals surface area contributed by atoms with E-state index < -0.39 is 39.2 Å². The molecule has 0 saturated carbocycles. The van der Waals surface area contributed by atoms with Crippen LogP contribution in [0, 0.1) is 10.1 Å². The lowest BCUT2D eigenvalue weighted by molar-refractivity contribution is -0.385. The van der Waals surface area contributed by atoms with E-state index in [2.05, 4.69) is 0 Å². The second kappa shape index (κ2) is 11.4. The van der Waals surface area contributed by atoms with Crippen LogP contribution in [-0.2, 0) is 17.5 Å². The molecule has 1 heterocycles. The Morgan fingerprint density at radius 2 is 1.72 bits per heavy atom. The zero-order valence-electron chi connectivity index (χ0n) is 20.0. The summed E-state index contributed by atoms with van der Waals surface area (Å²) in [5.41, 5.74) is -0.872. The summed E-state index contributed by atoms with van der Waals surface area (Å²) < 4.78 is 50.2. The van der Waals surface area contributed by atoms with Crippen molar-refractivity contribution in [3.05, 3.63) is 97.4 Å². The molecule has 1 saturated heterocycles. The van der Waals surface area contributed by atoms with E-state index in [4.69, 9.17) is 21.1 Å². The predicted molar refractivity (Wildman–Crippen MR) is 139 cm³/mol. The Kier molecular flexibility index (Phi) is 8.17. The normalized spacial score (nSPS) is 14.7. The van der Waals surface area contributed by atoms with Crippen molar-refractivity contribution in [3.63, 3.8) is 0 Å². The Morgan fingerprint density at radius 3 is 2.36 bits per heavy atom. The van der Waals surface area contributed by atoms with Gasteiger partial charge in [0.05, 0.1) is 28.5 Å². The molecule has 0 spiro atoms.